The number of carbonyl (C=O) groups is 1. The predicted octanol–water partition coefficient (Wildman–Crippen LogP) is 5.99. The van der Waals surface area contributed by atoms with Crippen LogP contribution in [0.4, 0.5) is 0 Å². The fourth-order valence-corrected chi connectivity index (χ4v) is 4.36. The summed E-state index contributed by atoms with van der Waals surface area (Å²) in [5.74, 6) is 0.521. The summed E-state index contributed by atoms with van der Waals surface area (Å²) < 4.78 is 6.04. The van der Waals surface area contributed by atoms with Crippen LogP contribution in [-0.2, 0) is 17.9 Å². The zero-order valence-corrected chi connectivity index (χ0v) is 19.2. The number of nitrogens with zero attached hydrogens (tertiary/aromatic N) is 2. The van der Waals surface area contributed by atoms with E-state index < -0.39 is 0 Å². The van der Waals surface area contributed by atoms with Crippen LogP contribution in [0.3, 0.4) is 0 Å². The number of aromatic nitrogens is 1. The Kier molecular flexibility index (Phi) is 6.48. The maximum atomic E-state index is 13.5. The summed E-state index contributed by atoms with van der Waals surface area (Å²) in [5.41, 5.74) is 2.86. The molecule has 0 saturated heterocycles. The molecule has 172 valence electrons. The van der Waals surface area contributed by atoms with E-state index in [1.807, 2.05) is 71.6 Å². The molecule has 0 aliphatic heterocycles. The first-order chi connectivity index (χ1) is 17.2. The molecule has 35 heavy (non-hydrogen) atoms. The summed E-state index contributed by atoms with van der Waals surface area (Å²) in [6, 6.07) is 29.7. The Labute approximate surface area is 204 Å². The standard InChI is InChI=1S/C30H25N3O2/c31-17-24-14-15-29(28-13-4-3-12-27(24)28)35-21-30(34)33(19-22-7-6-16-32-18-22)20-25-10-5-9-23-8-1-2-11-26(23)25/h1-18,31H,19-21H2. The van der Waals surface area contributed by atoms with Crippen LogP contribution in [0.5, 0.6) is 5.75 Å². The van der Waals surface area contributed by atoms with Crippen LogP contribution in [0, 0.1) is 5.41 Å². The highest BCUT2D eigenvalue weighted by molar-refractivity contribution is 6.01. The number of fused-ring (bicyclic) bond motifs is 2. The van der Waals surface area contributed by atoms with E-state index in [9.17, 15) is 4.79 Å². The van der Waals surface area contributed by atoms with Crippen molar-refractivity contribution in [1.82, 2.24) is 9.88 Å². The van der Waals surface area contributed by atoms with Gasteiger partial charge in [-0.1, -0.05) is 72.8 Å². The van der Waals surface area contributed by atoms with Crippen molar-refractivity contribution in [2.24, 2.45) is 0 Å². The largest absolute Gasteiger partial charge is 0.483 e. The molecule has 5 heteroatoms. The van der Waals surface area contributed by atoms with E-state index in [4.69, 9.17) is 10.1 Å². The number of pyridine rings is 1. The van der Waals surface area contributed by atoms with Gasteiger partial charge in [-0.25, -0.2) is 0 Å². The van der Waals surface area contributed by atoms with Crippen LogP contribution in [0.1, 0.15) is 16.7 Å². The lowest BCUT2D eigenvalue weighted by atomic mass is 10.0. The summed E-state index contributed by atoms with van der Waals surface area (Å²) in [4.78, 5) is 19.5. The molecule has 0 saturated carbocycles. The lowest BCUT2D eigenvalue weighted by Gasteiger charge is -2.24. The van der Waals surface area contributed by atoms with Gasteiger partial charge in [-0.15, -0.1) is 0 Å². The first-order valence-corrected chi connectivity index (χ1v) is 11.5. The minimum Gasteiger partial charge on any atom is -0.483 e. The van der Waals surface area contributed by atoms with Gasteiger partial charge in [0.05, 0.1) is 0 Å². The highest BCUT2D eigenvalue weighted by atomic mass is 16.5. The molecule has 0 fully saturated rings. The molecule has 0 bridgehead atoms. The molecule has 1 heterocycles. The number of rotatable bonds is 8. The topological polar surface area (TPSA) is 66.3 Å². The van der Waals surface area contributed by atoms with E-state index >= 15 is 0 Å². The van der Waals surface area contributed by atoms with Crippen LogP contribution in [0.25, 0.3) is 21.5 Å². The van der Waals surface area contributed by atoms with Gasteiger partial charge in [-0.05, 0) is 45.5 Å². The lowest BCUT2D eigenvalue weighted by molar-refractivity contribution is -0.134. The number of nitrogens with one attached hydrogen (secondary N) is 1. The Morgan fingerprint density at radius 1 is 0.829 bits per heavy atom. The minimum atomic E-state index is -0.109. The van der Waals surface area contributed by atoms with Crippen molar-refractivity contribution >= 4 is 33.7 Å². The Hall–Kier alpha value is -4.51. The zero-order chi connectivity index (χ0) is 24.0. The van der Waals surface area contributed by atoms with E-state index in [2.05, 4.69) is 29.2 Å². The highest BCUT2D eigenvalue weighted by Crippen LogP contribution is 2.28. The summed E-state index contributed by atoms with van der Waals surface area (Å²) in [5, 5.41) is 11.8. The maximum Gasteiger partial charge on any atom is 0.261 e. The van der Waals surface area contributed by atoms with Crippen molar-refractivity contribution in [3.05, 3.63) is 120 Å². The number of hydrogen-bond acceptors (Lipinski definition) is 4. The molecule has 1 N–H and O–H groups in total. The Bertz CT molecular complexity index is 1490. The second-order valence-electron chi connectivity index (χ2n) is 8.38. The molecule has 1 amide bonds. The summed E-state index contributed by atoms with van der Waals surface area (Å²) in [6.07, 6.45) is 4.84. The van der Waals surface area contributed by atoms with Gasteiger partial charge >= 0.3 is 0 Å². The van der Waals surface area contributed by atoms with Crippen LogP contribution in [-0.4, -0.2) is 28.6 Å². The molecular weight excluding hydrogens is 434 g/mol. The highest BCUT2D eigenvalue weighted by Gasteiger charge is 2.18. The quantitative estimate of drug-likeness (QED) is 0.290. The van der Waals surface area contributed by atoms with Crippen molar-refractivity contribution in [2.45, 2.75) is 13.1 Å². The Balaban J connectivity index is 1.41. The van der Waals surface area contributed by atoms with Crippen molar-refractivity contribution in [2.75, 3.05) is 6.61 Å². The first-order valence-electron chi connectivity index (χ1n) is 11.5. The molecule has 5 rings (SSSR count). The molecule has 4 aromatic carbocycles. The van der Waals surface area contributed by atoms with Crippen molar-refractivity contribution in [3.8, 4) is 5.75 Å². The number of benzene rings is 4. The second kappa shape index (κ2) is 10.2. The van der Waals surface area contributed by atoms with Gasteiger partial charge < -0.3 is 15.0 Å². The summed E-state index contributed by atoms with van der Waals surface area (Å²) in [6.45, 7) is 0.817. The van der Waals surface area contributed by atoms with Crippen molar-refractivity contribution in [3.63, 3.8) is 0 Å². The molecule has 0 unspecified atom stereocenters. The number of amides is 1. The van der Waals surface area contributed by atoms with Crippen LogP contribution < -0.4 is 4.74 Å². The first kappa shape index (κ1) is 22.3. The number of hydrogen-bond donors (Lipinski definition) is 1. The monoisotopic (exact) mass is 459 g/mol. The Morgan fingerprint density at radius 2 is 1.60 bits per heavy atom. The summed E-state index contributed by atoms with van der Waals surface area (Å²) in [7, 11) is 0. The fourth-order valence-electron chi connectivity index (χ4n) is 4.36. The normalized spacial score (nSPS) is 10.9. The van der Waals surface area contributed by atoms with E-state index in [0.29, 0.717) is 18.8 Å². The lowest BCUT2D eigenvalue weighted by Crippen LogP contribution is -2.34. The fraction of sp³-hybridized carbons (Fsp3) is 0.100. The number of ether oxygens (including phenoxy) is 1. The van der Waals surface area contributed by atoms with Crippen LogP contribution in [0.15, 0.2) is 103 Å². The van der Waals surface area contributed by atoms with E-state index in [-0.39, 0.29) is 12.5 Å². The van der Waals surface area contributed by atoms with E-state index in [1.54, 1.807) is 12.4 Å². The third kappa shape index (κ3) is 4.89. The number of carbonyl (C=O) groups excluding carboxylic acids is 1. The molecule has 1 aromatic heterocycles. The molecule has 0 spiro atoms. The van der Waals surface area contributed by atoms with Gasteiger partial charge in [0.15, 0.2) is 6.61 Å². The van der Waals surface area contributed by atoms with Crippen LogP contribution >= 0.6 is 0 Å². The smallest absolute Gasteiger partial charge is 0.261 e. The Morgan fingerprint density at radius 3 is 2.40 bits per heavy atom. The average molecular weight is 460 g/mol. The van der Waals surface area contributed by atoms with E-state index in [0.717, 1.165) is 38.2 Å². The van der Waals surface area contributed by atoms with Gasteiger partial charge in [0.25, 0.3) is 5.91 Å². The van der Waals surface area contributed by atoms with Gasteiger partial charge in [0.1, 0.15) is 5.75 Å². The predicted molar refractivity (Wildman–Crippen MR) is 140 cm³/mol. The molecule has 5 nitrogen and oxygen atoms in total. The molecule has 0 aliphatic rings. The van der Waals surface area contributed by atoms with E-state index in [1.165, 1.54) is 6.21 Å². The van der Waals surface area contributed by atoms with Crippen LogP contribution in [0.2, 0.25) is 0 Å². The second-order valence-corrected chi connectivity index (χ2v) is 8.38. The molecule has 0 aliphatic carbocycles. The molecule has 0 radical (unpaired) electrons. The SMILES string of the molecule is N=Cc1ccc(OCC(=O)N(Cc2cccnc2)Cc2cccc3ccccc23)c2ccccc12. The third-order valence-electron chi connectivity index (χ3n) is 6.11. The molecule has 5 aromatic rings. The van der Waals surface area contributed by atoms with Gasteiger partial charge in [0.2, 0.25) is 0 Å². The van der Waals surface area contributed by atoms with Crippen molar-refractivity contribution in [1.29, 1.82) is 5.41 Å². The van der Waals surface area contributed by atoms with Gasteiger partial charge in [-0.3, -0.25) is 9.78 Å². The van der Waals surface area contributed by atoms with Gasteiger partial charge in [0, 0.05) is 42.6 Å². The molecular formula is C30H25N3O2. The molecule has 0 atom stereocenters. The van der Waals surface area contributed by atoms with Gasteiger partial charge in [-0.2, -0.15) is 0 Å². The summed E-state index contributed by atoms with van der Waals surface area (Å²) >= 11 is 0. The third-order valence-corrected chi connectivity index (χ3v) is 6.11. The maximum absolute atomic E-state index is 13.5. The average Bonchev–Trinajstić information content (AvgIpc) is 2.92. The minimum absolute atomic E-state index is 0.0844. The zero-order valence-electron chi connectivity index (χ0n) is 19.2. The van der Waals surface area contributed by atoms with Crippen molar-refractivity contribution < 1.29 is 9.53 Å².